The van der Waals surface area contributed by atoms with Crippen molar-refractivity contribution in [3.63, 3.8) is 0 Å². The fourth-order valence-electron chi connectivity index (χ4n) is 2.53. The first-order chi connectivity index (χ1) is 13.7. The number of carbonyl (C=O) groups excluding carboxylic acids is 1. The number of ether oxygens (including phenoxy) is 1. The number of esters is 1. The molecule has 0 N–H and O–H groups in total. The van der Waals surface area contributed by atoms with Crippen LogP contribution in [-0.4, -0.2) is 21.2 Å². The number of aromatic nitrogens is 3. The minimum atomic E-state index is -0.378. The number of hydrogen-bond acceptors (Lipinski definition) is 7. The number of halogens is 1. The van der Waals surface area contributed by atoms with Gasteiger partial charge in [0.25, 0.3) is 0 Å². The van der Waals surface area contributed by atoms with Crippen molar-refractivity contribution in [1.82, 2.24) is 15.2 Å². The summed E-state index contributed by atoms with van der Waals surface area (Å²) >= 11 is 5.88. The van der Waals surface area contributed by atoms with E-state index >= 15 is 0 Å². The van der Waals surface area contributed by atoms with E-state index in [-0.39, 0.29) is 12.4 Å². The summed E-state index contributed by atoms with van der Waals surface area (Å²) in [6.45, 7) is 0. The van der Waals surface area contributed by atoms with Gasteiger partial charge in [-0.25, -0.2) is 4.98 Å². The predicted molar refractivity (Wildman–Crippen MR) is 101 cm³/mol. The second-order valence-corrected chi connectivity index (χ2v) is 6.30. The summed E-state index contributed by atoms with van der Waals surface area (Å²) in [5.41, 5.74) is 1.61. The van der Waals surface area contributed by atoms with E-state index in [9.17, 15) is 4.79 Å². The molecule has 0 atom stereocenters. The Balaban J connectivity index is 1.31. The largest absolute Gasteiger partial charge is 0.441 e. The standard InChI is InChI=1S/C20H14ClN3O4/c21-15-5-1-13(2-6-15)17-11-22-18(28-17)9-10-19(25)27-16-7-3-14(4-8-16)20-24-23-12-26-20/h1-8,11-12H,9-10H2. The van der Waals surface area contributed by atoms with Crippen LogP contribution >= 0.6 is 11.6 Å². The third kappa shape index (κ3) is 4.27. The summed E-state index contributed by atoms with van der Waals surface area (Å²) in [4.78, 5) is 16.3. The third-order valence-electron chi connectivity index (χ3n) is 3.92. The maximum atomic E-state index is 12.1. The SMILES string of the molecule is O=C(CCc1ncc(-c2ccc(Cl)cc2)o1)Oc1ccc(-c2nnco2)cc1. The second kappa shape index (κ2) is 8.06. The minimum Gasteiger partial charge on any atom is -0.441 e. The van der Waals surface area contributed by atoms with Crippen molar-refractivity contribution in [3.8, 4) is 28.5 Å². The quantitative estimate of drug-likeness (QED) is 0.348. The Morgan fingerprint density at radius 2 is 1.79 bits per heavy atom. The molecule has 0 saturated carbocycles. The van der Waals surface area contributed by atoms with Crippen molar-refractivity contribution in [3.05, 3.63) is 72.0 Å². The molecule has 2 heterocycles. The van der Waals surface area contributed by atoms with Gasteiger partial charge in [0.15, 0.2) is 11.7 Å². The number of carbonyl (C=O) groups is 1. The van der Waals surface area contributed by atoms with Crippen molar-refractivity contribution >= 4 is 17.6 Å². The van der Waals surface area contributed by atoms with Crippen LogP contribution in [0.3, 0.4) is 0 Å². The molecule has 7 nitrogen and oxygen atoms in total. The molecule has 0 unspecified atom stereocenters. The van der Waals surface area contributed by atoms with Crippen molar-refractivity contribution in [1.29, 1.82) is 0 Å². The van der Waals surface area contributed by atoms with Gasteiger partial charge in [0.05, 0.1) is 12.6 Å². The molecule has 4 rings (SSSR count). The van der Waals surface area contributed by atoms with Gasteiger partial charge in [-0.1, -0.05) is 11.6 Å². The number of rotatable bonds is 6. The smallest absolute Gasteiger partial charge is 0.311 e. The van der Waals surface area contributed by atoms with Crippen LogP contribution in [0.25, 0.3) is 22.8 Å². The normalized spacial score (nSPS) is 10.8. The highest BCUT2D eigenvalue weighted by Gasteiger charge is 2.11. The third-order valence-corrected chi connectivity index (χ3v) is 4.17. The Labute approximate surface area is 164 Å². The van der Waals surface area contributed by atoms with E-state index in [0.29, 0.717) is 34.7 Å². The van der Waals surface area contributed by atoms with Crippen LogP contribution in [0, 0.1) is 0 Å². The van der Waals surface area contributed by atoms with E-state index in [2.05, 4.69) is 15.2 Å². The van der Waals surface area contributed by atoms with Gasteiger partial charge in [0.1, 0.15) is 5.75 Å². The summed E-state index contributed by atoms with van der Waals surface area (Å²) in [6, 6.07) is 14.1. The lowest BCUT2D eigenvalue weighted by atomic mass is 10.2. The van der Waals surface area contributed by atoms with Crippen LogP contribution in [0.2, 0.25) is 5.02 Å². The molecule has 0 aliphatic heterocycles. The molecule has 0 aliphatic carbocycles. The van der Waals surface area contributed by atoms with Crippen LogP contribution < -0.4 is 4.74 Å². The summed E-state index contributed by atoms with van der Waals surface area (Å²) in [5, 5.41) is 8.09. The van der Waals surface area contributed by atoms with E-state index in [1.807, 2.05) is 12.1 Å². The van der Waals surface area contributed by atoms with Crippen molar-refractivity contribution < 1.29 is 18.4 Å². The van der Waals surface area contributed by atoms with Crippen LogP contribution in [-0.2, 0) is 11.2 Å². The molecule has 0 fully saturated rings. The zero-order valence-corrected chi connectivity index (χ0v) is 15.3. The number of nitrogens with zero attached hydrogens (tertiary/aromatic N) is 3. The minimum absolute atomic E-state index is 0.145. The molecule has 0 saturated heterocycles. The van der Waals surface area contributed by atoms with E-state index in [4.69, 9.17) is 25.2 Å². The summed E-state index contributed by atoms with van der Waals surface area (Å²) < 4.78 is 16.1. The zero-order chi connectivity index (χ0) is 19.3. The fourth-order valence-corrected chi connectivity index (χ4v) is 2.66. The lowest BCUT2D eigenvalue weighted by Gasteiger charge is -2.04. The Bertz CT molecular complexity index is 1060. The Kier molecular flexibility index (Phi) is 5.16. The molecule has 0 aliphatic rings. The van der Waals surface area contributed by atoms with Crippen molar-refractivity contribution in [2.75, 3.05) is 0 Å². The molecule has 2 aromatic carbocycles. The molecule has 0 bridgehead atoms. The summed E-state index contributed by atoms with van der Waals surface area (Å²) in [5.74, 6) is 1.54. The highest BCUT2D eigenvalue weighted by atomic mass is 35.5. The first kappa shape index (κ1) is 17.9. The lowest BCUT2D eigenvalue weighted by Crippen LogP contribution is -2.09. The van der Waals surface area contributed by atoms with Gasteiger partial charge >= 0.3 is 5.97 Å². The fraction of sp³-hybridized carbons (Fsp3) is 0.100. The van der Waals surface area contributed by atoms with E-state index in [1.165, 1.54) is 6.39 Å². The van der Waals surface area contributed by atoms with Gasteiger partial charge < -0.3 is 13.6 Å². The first-order valence-corrected chi connectivity index (χ1v) is 8.83. The zero-order valence-electron chi connectivity index (χ0n) is 14.5. The molecular formula is C20H14ClN3O4. The predicted octanol–water partition coefficient (Wildman–Crippen LogP) is 4.58. The Hall–Kier alpha value is -3.45. The van der Waals surface area contributed by atoms with E-state index in [1.54, 1.807) is 42.6 Å². The van der Waals surface area contributed by atoms with Crippen molar-refractivity contribution in [2.24, 2.45) is 0 Å². The molecule has 28 heavy (non-hydrogen) atoms. The molecule has 0 amide bonds. The summed E-state index contributed by atoms with van der Waals surface area (Å²) in [6.07, 6.45) is 3.36. The maximum Gasteiger partial charge on any atom is 0.311 e. The van der Waals surface area contributed by atoms with Gasteiger partial charge in [0, 0.05) is 22.6 Å². The summed E-state index contributed by atoms with van der Waals surface area (Å²) in [7, 11) is 0. The molecule has 0 spiro atoms. The van der Waals surface area contributed by atoms with Crippen LogP contribution in [0.15, 0.2) is 70.0 Å². The number of hydrogen-bond donors (Lipinski definition) is 0. The van der Waals surface area contributed by atoms with Gasteiger partial charge in [-0.2, -0.15) is 0 Å². The molecule has 8 heteroatoms. The van der Waals surface area contributed by atoms with Crippen molar-refractivity contribution in [2.45, 2.75) is 12.8 Å². The molecule has 140 valence electrons. The van der Waals surface area contributed by atoms with Crippen LogP contribution in [0.5, 0.6) is 5.75 Å². The monoisotopic (exact) mass is 395 g/mol. The Morgan fingerprint density at radius 1 is 1.04 bits per heavy atom. The van der Waals surface area contributed by atoms with Crippen LogP contribution in [0.4, 0.5) is 0 Å². The topological polar surface area (TPSA) is 91.2 Å². The lowest BCUT2D eigenvalue weighted by molar-refractivity contribution is -0.134. The average molecular weight is 396 g/mol. The molecular weight excluding hydrogens is 382 g/mol. The number of oxazole rings is 1. The van der Waals surface area contributed by atoms with Gasteiger partial charge in [-0.05, 0) is 48.5 Å². The molecule has 2 aromatic heterocycles. The van der Waals surface area contributed by atoms with Crippen LogP contribution in [0.1, 0.15) is 12.3 Å². The van der Waals surface area contributed by atoms with Gasteiger partial charge in [0.2, 0.25) is 12.3 Å². The highest BCUT2D eigenvalue weighted by molar-refractivity contribution is 6.30. The van der Waals surface area contributed by atoms with Gasteiger partial charge in [-0.15, -0.1) is 10.2 Å². The number of benzene rings is 2. The highest BCUT2D eigenvalue weighted by Crippen LogP contribution is 2.23. The Morgan fingerprint density at radius 3 is 2.50 bits per heavy atom. The average Bonchev–Trinajstić information content (AvgIpc) is 3.40. The maximum absolute atomic E-state index is 12.1. The van der Waals surface area contributed by atoms with E-state index in [0.717, 1.165) is 11.1 Å². The molecule has 0 radical (unpaired) electrons. The van der Waals surface area contributed by atoms with E-state index < -0.39 is 0 Å². The second-order valence-electron chi connectivity index (χ2n) is 5.87. The van der Waals surface area contributed by atoms with Gasteiger partial charge in [-0.3, -0.25) is 4.79 Å². The number of aryl methyl sites for hydroxylation is 1. The first-order valence-electron chi connectivity index (χ1n) is 8.45. The molecule has 4 aromatic rings.